The van der Waals surface area contributed by atoms with Gasteiger partial charge in [0, 0.05) is 18.4 Å². The number of rotatable bonds is 7. The van der Waals surface area contributed by atoms with Crippen molar-refractivity contribution in [2.75, 3.05) is 13.2 Å². The summed E-state index contributed by atoms with van der Waals surface area (Å²) in [5, 5.41) is 14.3. The van der Waals surface area contributed by atoms with Gasteiger partial charge in [0.2, 0.25) is 5.91 Å². The highest BCUT2D eigenvalue weighted by Gasteiger charge is 2.34. The van der Waals surface area contributed by atoms with E-state index in [1.807, 2.05) is 24.3 Å². The number of alkyl carbamates (subject to hydrolysis) is 1. The fourth-order valence-electron chi connectivity index (χ4n) is 4.87. The first-order chi connectivity index (χ1) is 15.5. The van der Waals surface area contributed by atoms with Crippen LogP contribution in [0, 0.1) is 11.8 Å². The smallest absolute Gasteiger partial charge is 0.407 e. The van der Waals surface area contributed by atoms with E-state index in [1.165, 1.54) is 18.1 Å². The molecule has 2 amide bonds. The second kappa shape index (κ2) is 9.42. The molecule has 4 rings (SSSR count). The molecule has 2 aromatic carbocycles. The minimum Gasteiger partial charge on any atom is -0.480 e. The number of hydrogen-bond acceptors (Lipinski definition) is 4. The van der Waals surface area contributed by atoms with Crippen molar-refractivity contribution in [3.8, 4) is 11.1 Å². The standard InChI is InChI=1S/C25H28N2O5/c1-15(24(29)30)27-23(28)17-12-6-7-16(17)13-26-25(31)32-14-22-20-10-4-2-8-18(20)19-9-3-5-11-21(19)22/h2-5,8-11,15-17,22H,6-7,12-14H2,1H3,(H,26,31)(H,27,28)(H,29,30)/t15?,16-,17-/m1/s1. The Balaban J connectivity index is 1.31. The number of aliphatic carboxylic acids is 1. The number of nitrogens with one attached hydrogen (secondary N) is 2. The maximum absolute atomic E-state index is 12.4. The van der Waals surface area contributed by atoms with Gasteiger partial charge < -0.3 is 20.5 Å². The van der Waals surface area contributed by atoms with Crippen LogP contribution in [0.25, 0.3) is 11.1 Å². The fraction of sp³-hybridized carbons (Fsp3) is 0.400. The van der Waals surface area contributed by atoms with Gasteiger partial charge in [-0.15, -0.1) is 0 Å². The number of ether oxygens (including phenoxy) is 1. The Morgan fingerprint density at radius 2 is 1.66 bits per heavy atom. The molecule has 1 saturated carbocycles. The second-order valence-electron chi connectivity index (χ2n) is 8.57. The summed E-state index contributed by atoms with van der Waals surface area (Å²) in [7, 11) is 0. The first kappa shape index (κ1) is 21.9. The molecule has 7 nitrogen and oxygen atoms in total. The van der Waals surface area contributed by atoms with Gasteiger partial charge in [-0.2, -0.15) is 0 Å². The molecule has 1 fully saturated rings. The molecule has 168 valence electrons. The minimum atomic E-state index is -1.07. The Hall–Kier alpha value is -3.35. The lowest BCUT2D eigenvalue weighted by Gasteiger charge is -2.21. The molecule has 0 heterocycles. The van der Waals surface area contributed by atoms with Crippen LogP contribution in [0.1, 0.15) is 43.2 Å². The second-order valence-corrected chi connectivity index (χ2v) is 8.57. The summed E-state index contributed by atoms with van der Waals surface area (Å²) in [5.41, 5.74) is 4.66. The molecule has 3 N–H and O–H groups in total. The van der Waals surface area contributed by atoms with Gasteiger partial charge in [-0.05, 0) is 47.9 Å². The molecule has 3 atom stereocenters. The van der Waals surface area contributed by atoms with Crippen LogP contribution >= 0.6 is 0 Å². The van der Waals surface area contributed by atoms with Crippen molar-refractivity contribution < 1.29 is 24.2 Å². The van der Waals surface area contributed by atoms with Crippen LogP contribution in [0.2, 0.25) is 0 Å². The average Bonchev–Trinajstić information content (AvgIpc) is 3.39. The quantitative estimate of drug-likeness (QED) is 0.616. The zero-order chi connectivity index (χ0) is 22.7. The van der Waals surface area contributed by atoms with E-state index in [1.54, 1.807) is 0 Å². The van der Waals surface area contributed by atoms with Gasteiger partial charge >= 0.3 is 12.1 Å². The molecule has 7 heteroatoms. The van der Waals surface area contributed by atoms with Gasteiger partial charge in [-0.3, -0.25) is 9.59 Å². The van der Waals surface area contributed by atoms with Gasteiger partial charge in [0.25, 0.3) is 0 Å². The maximum Gasteiger partial charge on any atom is 0.407 e. The van der Waals surface area contributed by atoms with E-state index in [2.05, 4.69) is 34.9 Å². The predicted octanol–water partition coefficient (Wildman–Crippen LogP) is 3.53. The molecule has 0 saturated heterocycles. The number of benzene rings is 2. The third-order valence-corrected chi connectivity index (χ3v) is 6.58. The lowest BCUT2D eigenvalue weighted by Crippen LogP contribution is -2.44. The van der Waals surface area contributed by atoms with Crippen LogP contribution < -0.4 is 10.6 Å². The van der Waals surface area contributed by atoms with Crippen LogP contribution in [0.3, 0.4) is 0 Å². The lowest BCUT2D eigenvalue weighted by atomic mass is 9.95. The SMILES string of the molecule is CC(NC(=O)[C@@H]1CCC[C@@H]1CNC(=O)OCC1c2ccccc2-c2ccccc21)C(=O)O. The van der Waals surface area contributed by atoms with Crippen LogP contribution in [0.15, 0.2) is 48.5 Å². The number of fused-ring (bicyclic) bond motifs is 3. The molecule has 0 aliphatic heterocycles. The summed E-state index contributed by atoms with van der Waals surface area (Å²) in [4.78, 5) is 35.8. The van der Waals surface area contributed by atoms with Gasteiger partial charge in [0.05, 0.1) is 0 Å². The van der Waals surface area contributed by atoms with Crippen LogP contribution in [0.4, 0.5) is 4.79 Å². The van der Waals surface area contributed by atoms with Crippen molar-refractivity contribution >= 4 is 18.0 Å². The first-order valence-corrected chi connectivity index (χ1v) is 11.1. The summed E-state index contributed by atoms with van der Waals surface area (Å²) < 4.78 is 5.56. The van der Waals surface area contributed by atoms with E-state index in [-0.39, 0.29) is 30.3 Å². The Kier molecular flexibility index (Phi) is 6.44. The molecular weight excluding hydrogens is 408 g/mol. The molecule has 0 bridgehead atoms. The van der Waals surface area contributed by atoms with Gasteiger partial charge in [0.1, 0.15) is 12.6 Å². The van der Waals surface area contributed by atoms with Crippen molar-refractivity contribution in [1.82, 2.24) is 10.6 Å². The van der Waals surface area contributed by atoms with E-state index < -0.39 is 18.1 Å². The van der Waals surface area contributed by atoms with Crippen LogP contribution in [-0.4, -0.2) is 42.3 Å². The zero-order valence-corrected chi connectivity index (χ0v) is 18.0. The first-order valence-electron chi connectivity index (χ1n) is 11.1. The lowest BCUT2D eigenvalue weighted by molar-refractivity contribution is -0.142. The largest absolute Gasteiger partial charge is 0.480 e. The Bertz CT molecular complexity index is 975. The molecule has 2 aliphatic carbocycles. The molecule has 0 spiro atoms. The van der Waals surface area contributed by atoms with Crippen molar-refractivity contribution in [3.05, 3.63) is 59.7 Å². The fourth-order valence-corrected chi connectivity index (χ4v) is 4.87. The van der Waals surface area contributed by atoms with Gasteiger partial charge in [0.15, 0.2) is 0 Å². The summed E-state index contributed by atoms with van der Waals surface area (Å²) in [5.74, 6) is -1.67. The van der Waals surface area contributed by atoms with Gasteiger partial charge in [-0.25, -0.2) is 4.79 Å². The Morgan fingerprint density at radius 1 is 1.03 bits per heavy atom. The van der Waals surface area contributed by atoms with E-state index >= 15 is 0 Å². The third kappa shape index (κ3) is 4.47. The van der Waals surface area contributed by atoms with Crippen LogP contribution in [0.5, 0.6) is 0 Å². The molecule has 32 heavy (non-hydrogen) atoms. The van der Waals surface area contributed by atoms with Crippen molar-refractivity contribution in [1.29, 1.82) is 0 Å². The van der Waals surface area contributed by atoms with Crippen molar-refractivity contribution in [2.24, 2.45) is 11.8 Å². The number of carboxylic acid groups (broad SMARTS) is 1. The van der Waals surface area contributed by atoms with E-state index in [0.717, 1.165) is 24.0 Å². The number of carbonyl (C=O) groups is 3. The van der Waals surface area contributed by atoms with Crippen molar-refractivity contribution in [3.63, 3.8) is 0 Å². The highest BCUT2D eigenvalue weighted by Crippen LogP contribution is 2.44. The highest BCUT2D eigenvalue weighted by atomic mass is 16.5. The number of amides is 2. The molecule has 2 aliphatic rings. The zero-order valence-electron chi connectivity index (χ0n) is 18.0. The monoisotopic (exact) mass is 436 g/mol. The van der Waals surface area contributed by atoms with Gasteiger partial charge in [-0.1, -0.05) is 55.0 Å². The highest BCUT2D eigenvalue weighted by molar-refractivity contribution is 5.85. The van der Waals surface area contributed by atoms with E-state index in [0.29, 0.717) is 13.0 Å². The Labute approximate surface area is 187 Å². The molecular formula is C25H28N2O5. The van der Waals surface area contributed by atoms with Crippen molar-refractivity contribution in [2.45, 2.75) is 38.1 Å². The normalized spacial score (nSPS) is 20.2. The van der Waals surface area contributed by atoms with E-state index in [9.17, 15) is 14.4 Å². The Morgan fingerprint density at radius 3 is 2.28 bits per heavy atom. The molecule has 2 aromatic rings. The van der Waals surface area contributed by atoms with E-state index in [4.69, 9.17) is 9.84 Å². The number of hydrogen-bond donors (Lipinski definition) is 3. The summed E-state index contributed by atoms with van der Waals surface area (Å²) in [6, 6.07) is 15.4. The summed E-state index contributed by atoms with van der Waals surface area (Å²) in [6.45, 7) is 2.01. The number of carboxylic acids is 1. The summed E-state index contributed by atoms with van der Waals surface area (Å²) >= 11 is 0. The molecule has 0 aromatic heterocycles. The topological polar surface area (TPSA) is 105 Å². The average molecular weight is 437 g/mol. The number of carbonyl (C=O) groups excluding carboxylic acids is 2. The molecule has 0 radical (unpaired) electrons. The summed E-state index contributed by atoms with van der Waals surface area (Å²) in [6.07, 6.45) is 1.87. The molecule has 1 unspecified atom stereocenters. The maximum atomic E-state index is 12.4. The predicted molar refractivity (Wildman–Crippen MR) is 119 cm³/mol. The third-order valence-electron chi connectivity index (χ3n) is 6.58. The minimum absolute atomic E-state index is 0.00402. The van der Waals surface area contributed by atoms with Crippen LogP contribution in [-0.2, 0) is 14.3 Å².